The van der Waals surface area contributed by atoms with Crippen molar-refractivity contribution in [2.24, 2.45) is 0 Å². The maximum atomic E-state index is 12.2. The van der Waals surface area contributed by atoms with E-state index in [4.69, 9.17) is 4.74 Å². The Hall–Kier alpha value is -3.50. The van der Waals surface area contributed by atoms with Crippen molar-refractivity contribution in [3.8, 4) is 18.9 Å². The number of terminal acetylenes is 1. The molecule has 164 valence electrons. The summed E-state index contributed by atoms with van der Waals surface area (Å²) in [7, 11) is 1.41. The fourth-order valence-corrected chi connectivity index (χ4v) is 4.86. The number of rotatable bonds is 2. The zero-order chi connectivity index (χ0) is 22.9. The number of methoxy groups -OCH3 is 1. The molecule has 0 saturated heterocycles. The van der Waals surface area contributed by atoms with Gasteiger partial charge in [0.25, 0.3) is 0 Å². The minimum absolute atomic E-state index is 0.330. The molecule has 4 rings (SSSR count). The zero-order valence-corrected chi connectivity index (χ0v) is 18.7. The lowest BCUT2D eigenvalue weighted by molar-refractivity contribution is 0.0601. The second kappa shape index (κ2) is 11.2. The van der Waals surface area contributed by atoms with Crippen LogP contribution in [0.4, 0.5) is 0 Å². The number of allylic oxidation sites excluding steroid dienone is 6. The maximum absolute atomic E-state index is 12.2. The second-order valence-electron chi connectivity index (χ2n) is 8.14. The number of aromatic nitrogens is 1. The van der Waals surface area contributed by atoms with Gasteiger partial charge in [0, 0.05) is 28.6 Å². The molecule has 1 aliphatic carbocycles. The Morgan fingerprint density at radius 1 is 1.16 bits per heavy atom. The largest absolute Gasteiger partial charge is 0.465 e. The molecule has 2 aromatic rings. The van der Waals surface area contributed by atoms with Gasteiger partial charge in [-0.2, -0.15) is 5.26 Å². The van der Waals surface area contributed by atoms with Crippen LogP contribution in [0.5, 0.6) is 0 Å². The Balaban J connectivity index is 0.00000141. The molecule has 0 N–H and O–H groups in total. The summed E-state index contributed by atoms with van der Waals surface area (Å²) in [6, 6.07) is 8.27. The number of hydrogen-bond donors (Lipinski definition) is 0. The molecule has 1 saturated carbocycles. The first-order chi connectivity index (χ1) is 15.7. The van der Waals surface area contributed by atoms with Gasteiger partial charge in [-0.25, -0.2) is 4.79 Å². The zero-order valence-electron chi connectivity index (χ0n) is 18.7. The summed E-state index contributed by atoms with van der Waals surface area (Å²) in [5, 5.41) is 10.9. The minimum Gasteiger partial charge on any atom is -0.465 e. The van der Waals surface area contributed by atoms with E-state index in [2.05, 4.69) is 53.9 Å². The van der Waals surface area contributed by atoms with Gasteiger partial charge in [-0.15, -0.1) is 12.8 Å². The van der Waals surface area contributed by atoms with E-state index in [9.17, 15) is 10.1 Å². The van der Waals surface area contributed by atoms with Crippen LogP contribution in [0.2, 0.25) is 0 Å². The smallest absolute Gasteiger partial charge is 0.337 e. The van der Waals surface area contributed by atoms with Gasteiger partial charge < -0.3 is 9.30 Å². The molecule has 4 nitrogen and oxygen atoms in total. The second-order valence-corrected chi connectivity index (χ2v) is 8.14. The van der Waals surface area contributed by atoms with E-state index in [1.54, 1.807) is 0 Å². The maximum Gasteiger partial charge on any atom is 0.337 e. The summed E-state index contributed by atoms with van der Waals surface area (Å²) in [4.78, 5) is 12.2. The van der Waals surface area contributed by atoms with Crippen molar-refractivity contribution in [2.45, 2.75) is 57.4 Å². The summed E-state index contributed by atoms with van der Waals surface area (Å²) >= 11 is 0. The van der Waals surface area contributed by atoms with E-state index in [1.807, 2.05) is 18.2 Å². The predicted molar refractivity (Wildman–Crippen MR) is 129 cm³/mol. The third-order valence-corrected chi connectivity index (χ3v) is 6.32. The van der Waals surface area contributed by atoms with Crippen LogP contribution in [0.3, 0.4) is 0 Å². The first-order valence-electron chi connectivity index (χ1n) is 11.2. The number of carbonyl (C=O) groups excluding carboxylic acids is 1. The summed E-state index contributed by atoms with van der Waals surface area (Å²) in [5.41, 5.74) is 5.00. The van der Waals surface area contributed by atoms with Crippen LogP contribution < -0.4 is 0 Å². The number of hydrogen-bond acceptors (Lipinski definition) is 3. The number of nitrogens with zero attached hydrogens (tertiary/aromatic N) is 2. The number of esters is 1. The fourth-order valence-electron chi connectivity index (χ4n) is 4.86. The first-order valence-corrected chi connectivity index (χ1v) is 11.2. The third kappa shape index (κ3) is 4.87. The monoisotopic (exact) mass is 426 g/mol. The van der Waals surface area contributed by atoms with Gasteiger partial charge in [0.15, 0.2) is 0 Å². The van der Waals surface area contributed by atoms with Gasteiger partial charge >= 0.3 is 5.97 Å². The van der Waals surface area contributed by atoms with Gasteiger partial charge in [0.2, 0.25) is 0 Å². The van der Waals surface area contributed by atoms with Crippen LogP contribution >= 0.6 is 0 Å². The Bertz CT molecular complexity index is 1120. The molecule has 4 heteroatoms. The molecule has 1 aromatic heterocycles. The van der Waals surface area contributed by atoms with Crippen LogP contribution in [0, 0.1) is 24.2 Å². The summed E-state index contributed by atoms with van der Waals surface area (Å²) in [6.07, 6.45) is 26.2. The lowest BCUT2D eigenvalue weighted by Gasteiger charge is -2.23. The minimum atomic E-state index is -0.330. The van der Waals surface area contributed by atoms with Gasteiger partial charge in [-0.3, -0.25) is 0 Å². The average molecular weight is 427 g/mol. The average Bonchev–Trinajstić information content (AvgIpc) is 3.13. The van der Waals surface area contributed by atoms with Crippen molar-refractivity contribution in [2.75, 3.05) is 7.11 Å². The number of benzene rings is 1. The van der Waals surface area contributed by atoms with Gasteiger partial charge in [0.05, 0.1) is 25.3 Å². The molecule has 1 aromatic carbocycles. The highest BCUT2D eigenvalue weighted by Crippen LogP contribution is 2.41. The van der Waals surface area contributed by atoms with Crippen LogP contribution in [-0.4, -0.2) is 17.6 Å². The molecule has 0 bridgehead atoms. The Kier molecular flexibility index (Phi) is 8.12. The summed E-state index contributed by atoms with van der Waals surface area (Å²) < 4.78 is 7.22. The van der Waals surface area contributed by atoms with Crippen molar-refractivity contribution in [1.82, 2.24) is 4.57 Å². The Morgan fingerprint density at radius 3 is 2.62 bits per heavy atom. The molecule has 2 heterocycles. The van der Waals surface area contributed by atoms with E-state index in [0.717, 1.165) is 23.9 Å². The molecular formula is C28H30N2O2. The lowest BCUT2D eigenvalue weighted by atomic mass is 9.82. The molecule has 0 radical (unpaired) electrons. The van der Waals surface area contributed by atoms with E-state index < -0.39 is 0 Å². The molecule has 0 unspecified atom stereocenters. The van der Waals surface area contributed by atoms with Crippen LogP contribution in [0.15, 0.2) is 54.2 Å². The molecule has 0 amide bonds. The Morgan fingerprint density at radius 2 is 1.91 bits per heavy atom. The Labute approximate surface area is 190 Å². The van der Waals surface area contributed by atoms with Crippen LogP contribution in [-0.2, 0) is 17.7 Å². The van der Waals surface area contributed by atoms with Crippen molar-refractivity contribution in [3.63, 3.8) is 0 Å². The fraction of sp³-hybridized carbons (Fsp3) is 0.357. The van der Waals surface area contributed by atoms with E-state index >= 15 is 0 Å². The number of nitriles is 1. The highest BCUT2D eigenvalue weighted by Gasteiger charge is 2.26. The van der Waals surface area contributed by atoms with Gasteiger partial charge in [0.1, 0.15) is 0 Å². The van der Waals surface area contributed by atoms with Crippen molar-refractivity contribution in [1.29, 1.82) is 5.26 Å². The van der Waals surface area contributed by atoms with Gasteiger partial charge in [-0.1, -0.05) is 55.7 Å². The first kappa shape index (κ1) is 23.2. The van der Waals surface area contributed by atoms with E-state index in [0.29, 0.717) is 18.0 Å². The molecule has 32 heavy (non-hydrogen) atoms. The summed E-state index contributed by atoms with van der Waals surface area (Å²) in [6.45, 7) is 0.529. The molecule has 0 atom stereocenters. The highest BCUT2D eigenvalue weighted by molar-refractivity contribution is 5.96. The number of fused-ring (bicyclic) bond motifs is 3. The van der Waals surface area contributed by atoms with Crippen LogP contribution in [0.1, 0.15) is 66.1 Å². The van der Waals surface area contributed by atoms with E-state index in [1.165, 1.54) is 55.9 Å². The number of carbonyl (C=O) groups is 1. The molecular weight excluding hydrogens is 396 g/mol. The summed E-state index contributed by atoms with van der Waals surface area (Å²) in [5.74, 6) is 0.202. The third-order valence-electron chi connectivity index (χ3n) is 6.32. The lowest BCUT2D eigenvalue weighted by Crippen LogP contribution is -2.10. The van der Waals surface area contributed by atoms with Crippen molar-refractivity contribution in [3.05, 3.63) is 71.0 Å². The molecule has 1 aliphatic heterocycles. The predicted octanol–water partition coefficient (Wildman–Crippen LogP) is 6.23. The number of ether oxygens (including phenoxy) is 1. The van der Waals surface area contributed by atoms with Crippen molar-refractivity contribution < 1.29 is 9.53 Å². The molecule has 2 aliphatic rings. The standard InChI is InChI=1S/C26H28N2O2.C2H2/c1-30-26(29)21-14-15-22-24(16-21)28-18-19(17-27)10-6-3-2-4-9-13-23(28)25(22)20-11-7-5-8-12-20;1-2/h2-4,9-10,14-16,20H,5-8,11-13,18H2,1H3;1-2H/b3-2-,9-4-,19-10-;. The molecule has 1 fully saturated rings. The van der Waals surface area contributed by atoms with Crippen LogP contribution in [0.25, 0.3) is 10.9 Å². The molecule has 0 spiro atoms. The topological polar surface area (TPSA) is 55.0 Å². The normalized spacial score (nSPS) is 20.2. The quantitative estimate of drug-likeness (QED) is 0.422. The highest BCUT2D eigenvalue weighted by atomic mass is 16.5. The van der Waals surface area contributed by atoms with Crippen molar-refractivity contribution >= 4 is 16.9 Å². The SMILES string of the molecule is C#C.COC(=O)c1ccc2c(C3CCCCC3)c3n(c2c1)C/C(C#N)=C\C/C=C\C=C/C3. The van der Waals surface area contributed by atoms with Gasteiger partial charge in [-0.05, 0) is 42.9 Å². The van der Waals surface area contributed by atoms with E-state index in [-0.39, 0.29) is 5.97 Å².